The van der Waals surface area contributed by atoms with Crippen LogP contribution in [-0.4, -0.2) is 84.0 Å². The number of piperidine rings is 3. The average molecular weight is 665 g/mol. The van der Waals surface area contributed by atoms with Crippen molar-refractivity contribution in [3.05, 3.63) is 0 Å². The van der Waals surface area contributed by atoms with Crippen LogP contribution in [0.15, 0.2) is 0 Å². The zero-order valence-electron chi connectivity index (χ0n) is 30.4. The van der Waals surface area contributed by atoms with E-state index in [-0.39, 0.29) is 46.9 Å². The first-order chi connectivity index (χ1) is 23.0. The minimum atomic E-state index is -0.275. The second kappa shape index (κ2) is 12.6. The zero-order valence-corrected chi connectivity index (χ0v) is 30.4. The smallest absolute Gasteiger partial charge is 0.232 e. The first-order valence-electron chi connectivity index (χ1n) is 20.3. The second-order valence-corrected chi connectivity index (χ2v) is 18.6. The molecule has 4 saturated heterocycles. The van der Waals surface area contributed by atoms with Gasteiger partial charge in [-0.2, -0.15) is 0 Å². The summed E-state index contributed by atoms with van der Waals surface area (Å²) in [5.41, 5.74) is -0.376. The predicted octanol–water partition coefficient (Wildman–Crippen LogP) is 5.54. The largest absolute Gasteiger partial charge is 0.357 e. The lowest BCUT2D eigenvalue weighted by molar-refractivity contribution is -0.160. The molecule has 4 aliphatic heterocycles. The Morgan fingerprint density at radius 1 is 0.917 bits per heavy atom. The molecule has 268 valence electrons. The van der Waals surface area contributed by atoms with E-state index in [2.05, 4.69) is 43.2 Å². The van der Waals surface area contributed by atoms with Crippen LogP contribution in [0.3, 0.4) is 0 Å². The molecule has 8 aliphatic rings. The molecule has 0 aromatic rings. The maximum absolute atomic E-state index is 14.5. The van der Waals surface area contributed by atoms with Gasteiger partial charge in [-0.25, -0.2) is 0 Å². The van der Waals surface area contributed by atoms with E-state index in [1.165, 1.54) is 51.6 Å². The fourth-order valence-corrected chi connectivity index (χ4v) is 13.6. The van der Waals surface area contributed by atoms with Gasteiger partial charge in [-0.05, 0) is 125 Å². The highest BCUT2D eigenvalue weighted by molar-refractivity contribution is 5.97. The summed E-state index contributed by atoms with van der Waals surface area (Å²) < 4.78 is 7.01. The lowest BCUT2D eigenvalue weighted by Gasteiger charge is -2.60. The Kier molecular flexibility index (Phi) is 8.84. The highest BCUT2D eigenvalue weighted by atomic mass is 16.5. The Bertz CT molecular complexity index is 1250. The van der Waals surface area contributed by atoms with Crippen LogP contribution in [0, 0.1) is 52.3 Å². The Labute approximate surface area is 289 Å². The molecule has 8 heteroatoms. The Hall–Kier alpha value is -1.51. The van der Waals surface area contributed by atoms with Gasteiger partial charge in [0, 0.05) is 55.4 Å². The van der Waals surface area contributed by atoms with Gasteiger partial charge in [0.05, 0.1) is 6.10 Å². The lowest BCUT2D eigenvalue weighted by atomic mass is 9.44. The first kappa shape index (κ1) is 33.6. The summed E-state index contributed by atoms with van der Waals surface area (Å²) >= 11 is 0. The fraction of sp³-hybridized carbons (Fsp3) is 0.925. The molecule has 8 fully saturated rings. The number of nitrogens with one attached hydrogen (secondary N) is 2. The van der Waals surface area contributed by atoms with Crippen LogP contribution in [0.2, 0.25) is 0 Å². The molecule has 8 nitrogen and oxygen atoms in total. The van der Waals surface area contributed by atoms with E-state index >= 15 is 0 Å². The van der Waals surface area contributed by atoms with E-state index < -0.39 is 0 Å². The number of carbonyl (C=O) groups is 3. The van der Waals surface area contributed by atoms with Crippen molar-refractivity contribution in [2.45, 2.75) is 148 Å². The molecule has 48 heavy (non-hydrogen) atoms. The maximum atomic E-state index is 14.5. The van der Waals surface area contributed by atoms with Gasteiger partial charge in [0.15, 0.2) is 0 Å². The van der Waals surface area contributed by atoms with Gasteiger partial charge in [0.25, 0.3) is 0 Å². The normalized spacial score (nSPS) is 48.0. The Morgan fingerprint density at radius 3 is 2.42 bits per heavy atom. The van der Waals surface area contributed by atoms with E-state index in [0.717, 1.165) is 71.0 Å². The topological polar surface area (TPSA) is 91.0 Å². The molecule has 1 unspecified atom stereocenters. The molecule has 1 spiro atoms. The molecule has 8 rings (SSSR count). The van der Waals surface area contributed by atoms with Gasteiger partial charge in [-0.1, -0.05) is 34.1 Å². The number of carbonyl (C=O) groups excluding carboxylic acids is 3. The number of Topliss-reactive ketones (excluding diaryl/α,β-unsaturated/α-hetero) is 1. The summed E-state index contributed by atoms with van der Waals surface area (Å²) in [6.45, 7) is 14.5. The van der Waals surface area contributed by atoms with Gasteiger partial charge < -0.3 is 19.9 Å². The van der Waals surface area contributed by atoms with Crippen LogP contribution in [0.4, 0.5) is 0 Å². The van der Waals surface area contributed by atoms with Crippen molar-refractivity contribution in [1.82, 2.24) is 20.4 Å². The lowest BCUT2D eigenvalue weighted by Crippen LogP contribution is -2.60. The molecule has 4 heterocycles. The first-order valence-corrected chi connectivity index (χ1v) is 20.3. The number of likely N-dealkylation sites (tertiary alicyclic amines) is 2. The van der Waals surface area contributed by atoms with Crippen LogP contribution < -0.4 is 10.6 Å². The summed E-state index contributed by atoms with van der Waals surface area (Å²) in [7, 11) is 0. The van der Waals surface area contributed by atoms with Crippen molar-refractivity contribution in [1.29, 1.82) is 0 Å². The maximum Gasteiger partial charge on any atom is 0.232 e. The molecule has 0 radical (unpaired) electrons. The third-order valence-electron chi connectivity index (χ3n) is 16.4. The summed E-state index contributed by atoms with van der Waals surface area (Å²) in [6.07, 6.45) is 15.6. The molecule has 2 N–H and O–H groups in total. The number of fused-ring (bicyclic) bond motifs is 7. The standard InChI is InChI=1S/C40H64N4O4/c1-25-10-15-40(41-24-25)26(2)37-33(48-40)21-32-30-9-8-27-20-28(11-14-38(27,3)31(30)22-34(45)39(32,37)4)42-35(46)23-36(47)44-18-12-29(13-19-44)43-16-6-5-7-17-43/h25-33,37,41H,5-24H2,1-4H3,(H,42,46)/t25-,26+,27+,28?,30-,31+,32+,33+,37+,38+,39-,40-/m1/s1. The van der Waals surface area contributed by atoms with Crippen molar-refractivity contribution < 1.29 is 19.1 Å². The van der Waals surface area contributed by atoms with E-state index in [0.29, 0.717) is 53.3 Å². The highest BCUT2D eigenvalue weighted by Gasteiger charge is 2.71. The van der Waals surface area contributed by atoms with E-state index in [4.69, 9.17) is 4.74 Å². The van der Waals surface area contributed by atoms with E-state index in [1.807, 2.05) is 4.90 Å². The fourth-order valence-electron chi connectivity index (χ4n) is 13.6. The minimum absolute atomic E-state index is 0.00565. The highest BCUT2D eigenvalue weighted by Crippen LogP contribution is 2.70. The molecule has 4 saturated carbocycles. The molecule has 12 atom stereocenters. The van der Waals surface area contributed by atoms with Crippen molar-refractivity contribution in [3.8, 4) is 0 Å². The zero-order chi connectivity index (χ0) is 33.4. The van der Waals surface area contributed by atoms with Gasteiger partial charge in [-0.3, -0.25) is 19.7 Å². The quantitative estimate of drug-likeness (QED) is 0.384. The van der Waals surface area contributed by atoms with Crippen LogP contribution in [0.1, 0.15) is 124 Å². The molecule has 4 aliphatic carbocycles. The van der Waals surface area contributed by atoms with Crippen LogP contribution in [-0.2, 0) is 19.1 Å². The van der Waals surface area contributed by atoms with Gasteiger partial charge in [0.1, 0.15) is 17.9 Å². The number of ketones is 1. The Morgan fingerprint density at radius 2 is 1.69 bits per heavy atom. The van der Waals surface area contributed by atoms with E-state index in [9.17, 15) is 14.4 Å². The van der Waals surface area contributed by atoms with Gasteiger partial charge in [0.2, 0.25) is 11.8 Å². The number of ether oxygens (including phenoxy) is 1. The average Bonchev–Trinajstić information content (AvgIpc) is 3.53. The molecule has 2 amide bonds. The summed E-state index contributed by atoms with van der Waals surface area (Å²) in [5, 5.41) is 7.12. The minimum Gasteiger partial charge on any atom is -0.357 e. The van der Waals surface area contributed by atoms with Crippen LogP contribution >= 0.6 is 0 Å². The predicted molar refractivity (Wildman–Crippen MR) is 186 cm³/mol. The van der Waals surface area contributed by atoms with Crippen molar-refractivity contribution in [3.63, 3.8) is 0 Å². The third-order valence-corrected chi connectivity index (χ3v) is 16.4. The summed E-state index contributed by atoms with van der Waals surface area (Å²) in [6, 6.07) is 0.736. The van der Waals surface area contributed by atoms with Gasteiger partial charge in [-0.15, -0.1) is 0 Å². The van der Waals surface area contributed by atoms with Crippen molar-refractivity contribution in [2.24, 2.45) is 52.3 Å². The number of hydrogen-bond acceptors (Lipinski definition) is 6. The second-order valence-electron chi connectivity index (χ2n) is 18.6. The van der Waals surface area contributed by atoms with E-state index in [1.54, 1.807) is 0 Å². The SMILES string of the molecule is C[C@@H]1CC[C@@]2(NC1)O[C@H]1C[C@H]3[C@@H]4CC[C@H]5CC(NC(=O)CC(=O)N6CCC(N7CCCCC7)CC6)CC[C@]5(C)[C@H]4CC(=O)[C@]3(C)[C@H]1[C@@H]2C. The molecule has 0 aromatic carbocycles. The van der Waals surface area contributed by atoms with Crippen LogP contribution in [0.25, 0.3) is 0 Å². The third kappa shape index (κ3) is 5.43. The van der Waals surface area contributed by atoms with Crippen molar-refractivity contribution in [2.75, 3.05) is 32.7 Å². The Balaban J connectivity index is 0.860. The molecular formula is C40H64N4O4. The molecule has 0 bridgehead atoms. The number of rotatable bonds is 4. The monoisotopic (exact) mass is 664 g/mol. The molecule has 0 aromatic heterocycles. The van der Waals surface area contributed by atoms with Crippen molar-refractivity contribution >= 4 is 17.6 Å². The van der Waals surface area contributed by atoms with Crippen LogP contribution in [0.5, 0.6) is 0 Å². The summed E-state index contributed by atoms with van der Waals surface area (Å²) in [4.78, 5) is 45.3. The summed E-state index contributed by atoms with van der Waals surface area (Å²) in [5.74, 6) is 3.73. The van der Waals surface area contributed by atoms with Gasteiger partial charge >= 0.3 is 0 Å². The number of hydrogen-bond donors (Lipinski definition) is 2. The number of amides is 2. The molecular weight excluding hydrogens is 600 g/mol. The number of nitrogens with zero attached hydrogens (tertiary/aromatic N) is 2.